The zero-order valence-electron chi connectivity index (χ0n) is 12.3. The number of aromatic nitrogens is 1. The summed E-state index contributed by atoms with van der Waals surface area (Å²) in [6.07, 6.45) is 0. The molecule has 1 aromatic heterocycles. The number of benzene rings is 1. The molecule has 1 atom stereocenters. The van der Waals surface area contributed by atoms with Crippen LogP contribution in [0, 0.1) is 5.92 Å². The Morgan fingerprint density at radius 2 is 1.95 bits per heavy atom. The number of thiazole rings is 1. The van der Waals surface area contributed by atoms with Gasteiger partial charge >= 0.3 is 6.03 Å². The number of nitrogens with one attached hydrogen (secondary N) is 1. The number of hydrogen-bond donors (Lipinski definition) is 2. The van der Waals surface area contributed by atoms with Crippen molar-refractivity contribution in [1.82, 2.24) is 10.3 Å². The van der Waals surface area contributed by atoms with E-state index in [0.717, 1.165) is 15.6 Å². The smallest absolute Gasteiger partial charge is 0.318 e. The molecule has 5 nitrogen and oxygen atoms in total. The van der Waals surface area contributed by atoms with Crippen molar-refractivity contribution in [3.8, 4) is 11.3 Å². The molecule has 0 bridgehead atoms. The number of primary amides is 1. The van der Waals surface area contributed by atoms with Gasteiger partial charge in [0.25, 0.3) is 0 Å². The predicted octanol–water partition coefficient (Wildman–Crippen LogP) is 3.12. The molecule has 0 aliphatic rings. The van der Waals surface area contributed by atoms with Crippen LogP contribution in [-0.2, 0) is 4.79 Å². The number of hydrogen-bond acceptors (Lipinski definition) is 5. The van der Waals surface area contributed by atoms with E-state index < -0.39 is 11.3 Å². The van der Waals surface area contributed by atoms with Crippen molar-refractivity contribution in [3.63, 3.8) is 0 Å². The number of nitrogens with zero attached hydrogens (tertiary/aromatic N) is 1. The quantitative estimate of drug-likeness (QED) is 0.822. The molecule has 0 saturated heterocycles. The molecule has 0 saturated carbocycles. The molecule has 22 heavy (non-hydrogen) atoms. The van der Waals surface area contributed by atoms with Crippen molar-refractivity contribution in [2.45, 2.75) is 23.4 Å². The Morgan fingerprint density at radius 1 is 1.27 bits per heavy atom. The molecule has 0 aliphatic carbocycles. The van der Waals surface area contributed by atoms with Gasteiger partial charge in [0.2, 0.25) is 5.91 Å². The van der Waals surface area contributed by atoms with Crippen LogP contribution in [0.1, 0.15) is 13.8 Å². The largest absolute Gasteiger partial charge is 0.351 e. The van der Waals surface area contributed by atoms with E-state index >= 15 is 0 Å². The number of rotatable bonds is 5. The fraction of sp³-hybridized carbons (Fsp3) is 0.267. The molecule has 0 unspecified atom stereocenters. The normalized spacial score (nSPS) is 12.1. The summed E-state index contributed by atoms with van der Waals surface area (Å²) in [6, 6.07) is 9.01. The summed E-state index contributed by atoms with van der Waals surface area (Å²) >= 11 is 2.83. The number of carbonyl (C=O) groups excluding carboxylic acids is 2. The van der Waals surface area contributed by atoms with E-state index in [1.807, 2.05) is 49.6 Å². The standard InChI is InChI=1S/C15H17N3O2S2/c1-9(2)12(13(19)18-14(16)20)22-15-17-11(8-21-15)10-6-4-3-5-7-10/h3-9,12H,1-2H3,(H3,16,18,19,20)/t12-/m0/s1. The van der Waals surface area contributed by atoms with E-state index in [4.69, 9.17) is 5.73 Å². The minimum atomic E-state index is -0.833. The topological polar surface area (TPSA) is 85.1 Å². The van der Waals surface area contributed by atoms with Crippen molar-refractivity contribution in [2.24, 2.45) is 11.7 Å². The summed E-state index contributed by atoms with van der Waals surface area (Å²) in [5.74, 6) is -0.336. The van der Waals surface area contributed by atoms with Crippen molar-refractivity contribution >= 4 is 35.0 Å². The highest BCUT2D eigenvalue weighted by Crippen LogP contribution is 2.33. The van der Waals surface area contributed by atoms with E-state index in [9.17, 15) is 9.59 Å². The first-order chi connectivity index (χ1) is 10.5. The molecular formula is C15H17N3O2S2. The van der Waals surface area contributed by atoms with Crippen molar-refractivity contribution in [2.75, 3.05) is 0 Å². The molecule has 1 aromatic carbocycles. The van der Waals surface area contributed by atoms with E-state index in [1.54, 1.807) is 0 Å². The average Bonchev–Trinajstić information content (AvgIpc) is 2.93. The Kier molecular flexibility index (Phi) is 5.57. The number of imide groups is 1. The molecule has 3 amide bonds. The van der Waals surface area contributed by atoms with Gasteiger partial charge in [0.1, 0.15) is 0 Å². The van der Waals surface area contributed by atoms with Crippen LogP contribution in [0.4, 0.5) is 4.79 Å². The van der Waals surface area contributed by atoms with Crippen LogP contribution in [0.3, 0.4) is 0 Å². The molecule has 1 heterocycles. The third-order valence-corrected chi connectivity index (χ3v) is 5.41. The Labute approximate surface area is 137 Å². The number of amides is 3. The van der Waals surface area contributed by atoms with E-state index in [2.05, 4.69) is 10.3 Å². The number of nitrogens with two attached hydrogens (primary N) is 1. The fourth-order valence-electron chi connectivity index (χ4n) is 1.85. The summed E-state index contributed by atoms with van der Waals surface area (Å²) in [4.78, 5) is 27.4. The molecule has 0 radical (unpaired) electrons. The summed E-state index contributed by atoms with van der Waals surface area (Å²) in [5.41, 5.74) is 6.93. The summed E-state index contributed by atoms with van der Waals surface area (Å²) in [7, 11) is 0. The highest BCUT2D eigenvalue weighted by Gasteiger charge is 2.25. The summed E-state index contributed by atoms with van der Waals surface area (Å²) < 4.78 is 0.789. The van der Waals surface area contributed by atoms with Gasteiger partial charge in [-0.25, -0.2) is 9.78 Å². The van der Waals surface area contributed by atoms with Crippen molar-refractivity contribution in [1.29, 1.82) is 0 Å². The van der Waals surface area contributed by atoms with E-state index in [1.165, 1.54) is 23.1 Å². The van der Waals surface area contributed by atoms with Crippen LogP contribution in [0.25, 0.3) is 11.3 Å². The van der Waals surface area contributed by atoms with Crippen LogP contribution in [0.5, 0.6) is 0 Å². The molecule has 7 heteroatoms. The number of carbonyl (C=O) groups is 2. The SMILES string of the molecule is CC(C)[C@H](Sc1nc(-c2ccccc2)cs1)C(=O)NC(N)=O. The minimum Gasteiger partial charge on any atom is -0.351 e. The second-order valence-electron chi connectivity index (χ2n) is 5.00. The molecule has 0 spiro atoms. The molecule has 2 aromatic rings. The first-order valence-electron chi connectivity index (χ1n) is 6.75. The third kappa shape index (κ3) is 4.32. The van der Waals surface area contributed by atoms with Gasteiger partial charge in [-0.05, 0) is 5.92 Å². The van der Waals surface area contributed by atoms with Gasteiger partial charge in [-0.15, -0.1) is 11.3 Å². The lowest BCUT2D eigenvalue weighted by Gasteiger charge is -2.17. The fourth-order valence-corrected chi connectivity index (χ4v) is 3.88. The lowest BCUT2D eigenvalue weighted by atomic mass is 10.1. The van der Waals surface area contributed by atoms with Crippen molar-refractivity contribution < 1.29 is 9.59 Å². The molecule has 116 valence electrons. The highest BCUT2D eigenvalue weighted by molar-refractivity contribution is 8.02. The molecule has 2 rings (SSSR count). The lowest BCUT2D eigenvalue weighted by molar-refractivity contribution is -0.120. The number of thioether (sulfide) groups is 1. The van der Waals surface area contributed by atoms with E-state index in [0.29, 0.717) is 0 Å². The van der Waals surface area contributed by atoms with E-state index in [-0.39, 0.29) is 11.8 Å². The van der Waals surface area contributed by atoms with Gasteiger partial charge < -0.3 is 5.73 Å². The first kappa shape index (κ1) is 16.5. The van der Waals surface area contributed by atoms with Crippen LogP contribution in [-0.4, -0.2) is 22.2 Å². The molecular weight excluding hydrogens is 318 g/mol. The Hall–Kier alpha value is -1.86. The Morgan fingerprint density at radius 3 is 2.55 bits per heavy atom. The Balaban J connectivity index is 2.13. The highest BCUT2D eigenvalue weighted by atomic mass is 32.2. The zero-order chi connectivity index (χ0) is 16.1. The van der Waals surface area contributed by atoms with Crippen LogP contribution in [0.15, 0.2) is 40.1 Å². The Bertz CT molecular complexity index is 656. The summed E-state index contributed by atoms with van der Waals surface area (Å²) in [6.45, 7) is 3.84. The molecule has 0 aliphatic heterocycles. The van der Waals surface area contributed by atoms with Gasteiger partial charge in [-0.3, -0.25) is 10.1 Å². The van der Waals surface area contributed by atoms with Crippen molar-refractivity contribution in [3.05, 3.63) is 35.7 Å². The van der Waals surface area contributed by atoms with Gasteiger partial charge in [0, 0.05) is 10.9 Å². The zero-order valence-corrected chi connectivity index (χ0v) is 13.9. The number of urea groups is 1. The minimum absolute atomic E-state index is 0.0495. The van der Waals surface area contributed by atoms with Crippen LogP contribution < -0.4 is 11.1 Å². The maximum Gasteiger partial charge on any atom is 0.318 e. The second-order valence-corrected chi connectivity index (χ2v) is 7.25. The van der Waals surface area contributed by atoms with Gasteiger partial charge in [0.05, 0.1) is 10.9 Å². The maximum atomic E-state index is 12.0. The van der Waals surface area contributed by atoms with Crippen LogP contribution in [0.2, 0.25) is 0 Å². The first-order valence-corrected chi connectivity index (χ1v) is 8.51. The van der Waals surface area contributed by atoms with Gasteiger partial charge in [0.15, 0.2) is 4.34 Å². The van der Waals surface area contributed by atoms with Crippen LogP contribution >= 0.6 is 23.1 Å². The summed E-state index contributed by atoms with van der Waals surface area (Å²) in [5, 5.41) is 3.68. The van der Waals surface area contributed by atoms with Gasteiger partial charge in [-0.1, -0.05) is 55.9 Å². The monoisotopic (exact) mass is 335 g/mol. The molecule has 3 N–H and O–H groups in total. The second kappa shape index (κ2) is 7.42. The predicted molar refractivity (Wildman–Crippen MR) is 89.8 cm³/mol. The third-order valence-electron chi connectivity index (χ3n) is 2.89. The average molecular weight is 335 g/mol. The lowest BCUT2D eigenvalue weighted by Crippen LogP contribution is -2.42. The molecule has 0 fully saturated rings. The van der Waals surface area contributed by atoms with Gasteiger partial charge in [-0.2, -0.15) is 0 Å². The maximum absolute atomic E-state index is 12.0.